The number of aromatic nitrogens is 3. The van der Waals surface area contributed by atoms with Crippen molar-refractivity contribution in [3.63, 3.8) is 0 Å². The molecule has 2 heterocycles. The lowest BCUT2D eigenvalue weighted by atomic mass is 10.1. The predicted molar refractivity (Wildman–Crippen MR) is 53.2 cm³/mol. The van der Waals surface area contributed by atoms with Gasteiger partial charge in [0, 0.05) is 25.2 Å². The van der Waals surface area contributed by atoms with Crippen molar-refractivity contribution in [2.75, 3.05) is 13.2 Å². The van der Waals surface area contributed by atoms with E-state index in [-0.39, 0.29) is 0 Å². The van der Waals surface area contributed by atoms with Gasteiger partial charge in [0.2, 0.25) is 0 Å². The first-order chi connectivity index (χ1) is 6.79. The third-order valence-corrected chi connectivity index (χ3v) is 2.70. The fourth-order valence-corrected chi connectivity index (χ4v) is 1.91. The van der Waals surface area contributed by atoms with E-state index in [0.717, 1.165) is 31.9 Å². The monoisotopic (exact) mass is 195 g/mol. The molecule has 0 unspecified atom stereocenters. The third kappa shape index (κ3) is 1.80. The Kier molecular flexibility index (Phi) is 2.82. The minimum absolute atomic E-state index is 0.445. The quantitative estimate of drug-likeness (QED) is 0.721. The van der Waals surface area contributed by atoms with Crippen LogP contribution in [0.4, 0.5) is 0 Å². The van der Waals surface area contributed by atoms with Gasteiger partial charge >= 0.3 is 0 Å². The lowest BCUT2D eigenvalue weighted by Gasteiger charge is -2.24. The number of rotatable bonds is 2. The Morgan fingerprint density at radius 3 is 2.79 bits per heavy atom. The summed E-state index contributed by atoms with van der Waals surface area (Å²) in [4.78, 5) is 0. The summed E-state index contributed by atoms with van der Waals surface area (Å²) in [7, 11) is 0. The van der Waals surface area contributed by atoms with Crippen LogP contribution in [0, 0.1) is 0 Å². The zero-order valence-corrected chi connectivity index (χ0v) is 8.81. The van der Waals surface area contributed by atoms with Gasteiger partial charge in [0.1, 0.15) is 12.2 Å². The molecular weight excluding hydrogens is 178 g/mol. The molecule has 1 fully saturated rings. The molecule has 78 valence electrons. The van der Waals surface area contributed by atoms with Crippen molar-refractivity contribution < 1.29 is 4.74 Å². The Balaban J connectivity index is 2.17. The van der Waals surface area contributed by atoms with Crippen LogP contribution in [0.2, 0.25) is 0 Å². The summed E-state index contributed by atoms with van der Waals surface area (Å²) >= 11 is 0. The van der Waals surface area contributed by atoms with E-state index in [1.54, 1.807) is 0 Å². The van der Waals surface area contributed by atoms with E-state index in [9.17, 15) is 0 Å². The third-order valence-electron chi connectivity index (χ3n) is 2.70. The fraction of sp³-hybridized carbons (Fsp3) is 0.800. The molecule has 14 heavy (non-hydrogen) atoms. The number of ether oxygens (including phenoxy) is 1. The molecule has 4 heteroatoms. The van der Waals surface area contributed by atoms with E-state index in [2.05, 4.69) is 28.6 Å². The van der Waals surface area contributed by atoms with Crippen molar-refractivity contribution in [1.82, 2.24) is 14.8 Å². The minimum atomic E-state index is 0.445. The normalized spacial score (nSPS) is 19.1. The molecule has 0 spiro atoms. The summed E-state index contributed by atoms with van der Waals surface area (Å²) < 4.78 is 7.56. The summed E-state index contributed by atoms with van der Waals surface area (Å²) in [6.07, 6.45) is 4.01. The molecule has 2 rings (SSSR count). The maximum atomic E-state index is 5.34. The van der Waals surface area contributed by atoms with Crippen LogP contribution in [-0.2, 0) is 4.74 Å². The molecule has 1 aliphatic rings. The SMILES string of the molecule is CC(C)c1nncn1C1CCOCC1. The van der Waals surface area contributed by atoms with Crippen LogP contribution in [0.3, 0.4) is 0 Å². The van der Waals surface area contributed by atoms with Crippen LogP contribution >= 0.6 is 0 Å². The summed E-state index contributed by atoms with van der Waals surface area (Å²) in [6.45, 7) is 6.03. The van der Waals surface area contributed by atoms with Crippen molar-refractivity contribution >= 4 is 0 Å². The Morgan fingerprint density at radius 2 is 2.14 bits per heavy atom. The standard InChI is InChI=1S/C10H17N3O/c1-8(2)10-12-11-7-13(10)9-3-5-14-6-4-9/h7-9H,3-6H2,1-2H3. The highest BCUT2D eigenvalue weighted by Crippen LogP contribution is 2.24. The highest BCUT2D eigenvalue weighted by molar-refractivity contribution is 4.95. The van der Waals surface area contributed by atoms with Crippen molar-refractivity contribution in [2.24, 2.45) is 0 Å². The van der Waals surface area contributed by atoms with E-state index in [0.29, 0.717) is 12.0 Å². The van der Waals surface area contributed by atoms with Crippen molar-refractivity contribution in [1.29, 1.82) is 0 Å². The fourth-order valence-electron chi connectivity index (χ4n) is 1.91. The summed E-state index contributed by atoms with van der Waals surface area (Å²) in [6, 6.07) is 0.538. The van der Waals surface area contributed by atoms with Crippen molar-refractivity contribution in [2.45, 2.75) is 38.6 Å². The molecular formula is C10H17N3O. The van der Waals surface area contributed by atoms with E-state index in [1.807, 2.05) is 6.33 Å². The molecule has 0 amide bonds. The highest BCUT2D eigenvalue weighted by Gasteiger charge is 2.19. The lowest BCUT2D eigenvalue weighted by Crippen LogP contribution is -2.21. The number of hydrogen-bond acceptors (Lipinski definition) is 3. The maximum Gasteiger partial charge on any atom is 0.135 e. The Morgan fingerprint density at radius 1 is 1.43 bits per heavy atom. The lowest BCUT2D eigenvalue weighted by molar-refractivity contribution is 0.0685. The highest BCUT2D eigenvalue weighted by atomic mass is 16.5. The molecule has 1 saturated heterocycles. The van der Waals surface area contributed by atoms with Gasteiger partial charge in [-0.25, -0.2) is 0 Å². The van der Waals surface area contributed by atoms with Gasteiger partial charge in [-0.1, -0.05) is 13.8 Å². The zero-order valence-electron chi connectivity index (χ0n) is 8.81. The van der Waals surface area contributed by atoms with E-state index in [1.165, 1.54) is 0 Å². The molecule has 0 atom stereocenters. The molecule has 1 aromatic heterocycles. The molecule has 1 aliphatic heterocycles. The molecule has 4 nitrogen and oxygen atoms in total. The van der Waals surface area contributed by atoms with Crippen LogP contribution in [0.5, 0.6) is 0 Å². The second-order valence-electron chi connectivity index (χ2n) is 4.09. The molecule has 0 bridgehead atoms. The van der Waals surface area contributed by atoms with Crippen LogP contribution in [0.25, 0.3) is 0 Å². The first kappa shape index (κ1) is 9.65. The number of nitrogens with zero attached hydrogens (tertiary/aromatic N) is 3. The van der Waals surface area contributed by atoms with Crippen LogP contribution in [0.1, 0.15) is 44.5 Å². The smallest absolute Gasteiger partial charge is 0.135 e. The maximum absolute atomic E-state index is 5.34. The van der Waals surface area contributed by atoms with Crippen LogP contribution < -0.4 is 0 Å². The van der Waals surface area contributed by atoms with Gasteiger partial charge in [-0.15, -0.1) is 10.2 Å². The second kappa shape index (κ2) is 4.09. The second-order valence-corrected chi connectivity index (χ2v) is 4.09. The van der Waals surface area contributed by atoms with Gasteiger partial charge in [0.05, 0.1) is 0 Å². The van der Waals surface area contributed by atoms with Gasteiger partial charge in [-0.2, -0.15) is 0 Å². The van der Waals surface area contributed by atoms with Crippen molar-refractivity contribution in [3.05, 3.63) is 12.2 Å². The van der Waals surface area contributed by atoms with E-state index < -0.39 is 0 Å². The summed E-state index contributed by atoms with van der Waals surface area (Å²) in [5.74, 6) is 1.54. The largest absolute Gasteiger partial charge is 0.381 e. The predicted octanol–water partition coefficient (Wildman–Crippen LogP) is 1.75. The average Bonchev–Trinajstić information content (AvgIpc) is 2.67. The minimum Gasteiger partial charge on any atom is -0.381 e. The summed E-state index contributed by atoms with van der Waals surface area (Å²) in [5.41, 5.74) is 0. The molecule has 0 saturated carbocycles. The molecule has 0 radical (unpaired) electrons. The van der Waals surface area contributed by atoms with Gasteiger partial charge in [0.25, 0.3) is 0 Å². The molecule has 0 aromatic carbocycles. The van der Waals surface area contributed by atoms with Gasteiger partial charge in [0.15, 0.2) is 0 Å². The van der Waals surface area contributed by atoms with Crippen LogP contribution in [0.15, 0.2) is 6.33 Å². The Labute approximate surface area is 84.3 Å². The average molecular weight is 195 g/mol. The van der Waals surface area contributed by atoms with E-state index in [4.69, 9.17) is 4.74 Å². The topological polar surface area (TPSA) is 39.9 Å². The first-order valence-electron chi connectivity index (χ1n) is 5.26. The van der Waals surface area contributed by atoms with Gasteiger partial charge in [-0.05, 0) is 12.8 Å². The molecule has 0 N–H and O–H groups in total. The van der Waals surface area contributed by atoms with Crippen molar-refractivity contribution in [3.8, 4) is 0 Å². The first-order valence-corrected chi connectivity index (χ1v) is 5.26. The molecule has 1 aromatic rings. The summed E-state index contributed by atoms with van der Waals surface area (Å²) in [5, 5.41) is 8.15. The van der Waals surface area contributed by atoms with Crippen LogP contribution in [-0.4, -0.2) is 28.0 Å². The van der Waals surface area contributed by atoms with E-state index >= 15 is 0 Å². The number of hydrogen-bond donors (Lipinski definition) is 0. The zero-order chi connectivity index (χ0) is 9.97. The Hall–Kier alpha value is -0.900. The molecule has 0 aliphatic carbocycles. The van der Waals surface area contributed by atoms with Gasteiger partial charge < -0.3 is 9.30 Å². The van der Waals surface area contributed by atoms with Gasteiger partial charge in [-0.3, -0.25) is 0 Å². The Bertz CT molecular complexity index is 289.